The van der Waals surface area contributed by atoms with Crippen molar-refractivity contribution in [3.63, 3.8) is 0 Å². The fraction of sp³-hybridized carbons (Fsp3) is 0.667. The van der Waals surface area contributed by atoms with Gasteiger partial charge in [-0.05, 0) is 12.8 Å². The Morgan fingerprint density at radius 3 is 1.90 bits per heavy atom. The smallest absolute Gasteiger partial charge is 0.325 e. The largest absolute Gasteiger partial charge is 0.481 e. The Morgan fingerprint density at radius 2 is 1.52 bits per heavy atom. The summed E-state index contributed by atoms with van der Waals surface area (Å²) in [6, 6.07) is -3.49. The van der Waals surface area contributed by atoms with Gasteiger partial charge in [-0.25, -0.2) is 0 Å². The van der Waals surface area contributed by atoms with E-state index >= 15 is 0 Å². The molecule has 0 aromatic carbocycles. The van der Waals surface area contributed by atoms with Gasteiger partial charge in [0.2, 0.25) is 11.8 Å². The Hall–Kier alpha value is -2.16. The third-order valence-electron chi connectivity index (χ3n) is 2.76. The molecule has 0 aromatic heterocycles. The fourth-order valence-corrected chi connectivity index (χ4v) is 1.33. The summed E-state index contributed by atoms with van der Waals surface area (Å²) in [7, 11) is 0. The number of hydrogen-bond acceptors (Lipinski definition) is 5. The lowest BCUT2D eigenvalue weighted by Gasteiger charge is -2.21. The molecular formula is C12H21N3O6. The number of nitrogens with one attached hydrogen (secondary N) is 2. The zero-order chi connectivity index (χ0) is 16.7. The van der Waals surface area contributed by atoms with Gasteiger partial charge in [0.25, 0.3) is 0 Å². The number of aliphatic carboxylic acids is 2. The third-order valence-corrected chi connectivity index (χ3v) is 2.76. The highest BCUT2D eigenvalue weighted by molar-refractivity contribution is 5.93. The SMILES string of the molecule is CC(NC(=O)C(CC(=O)O)NC(=O)C(N)C(C)C)C(=O)O. The lowest BCUT2D eigenvalue weighted by molar-refractivity contribution is -0.143. The van der Waals surface area contributed by atoms with Crippen molar-refractivity contribution >= 4 is 23.8 Å². The summed E-state index contributed by atoms with van der Waals surface area (Å²) in [6.45, 7) is 4.62. The number of carboxylic acid groups (broad SMARTS) is 2. The average molecular weight is 303 g/mol. The minimum atomic E-state index is -1.39. The Morgan fingerprint density at radius 1 is 1.00 bits per heavy atom. The van der Waals surface area contributed by atoms with Crippen LogP contribution in [0.1, 0.15) is 27.2 Å². The van der Waals surface area contributed by atoms with Crippen molar-refractivity contribution in [1.29, 1.82) is 0 Å². The number of rotatable bonds is 8. The van der Waals surface area contributed by atoms with Gasteiger partial charge in [0.05, 0.1) is 12.5 Å². The van der Waals surface area contributed by atoms with E-state index in [0.29, 0.717) is 0 Å². The number of nitrogens with two attached hydrogens (primary N) is 1. The zero-order valence-corrected chi connectivity index (χ0v) is 12.1. The Kier molecular flexibility index (Phi) is 7.36. The maximum absolute atomic E-state index is 11.8. The van der Waals surface area contributed by atoms with Gasteiger partial charge in [-0.3, -0.25) is 19.2 Å². The maximum atomic E-state index is 11.8. The molecule has 3 atom stereocenters. The van der Waals surface area contributed by atoms with Gasteiger partial charge in [-0.15, -0.1) is 0 Å². The lowest BCUT2D eigenvalue weighted by Crippen LogP contribution is -2.55. The molecule has 21 heavy (non-hydrogen) atoms. The summed E-state index contributed by atoms with van der Waals surface area (Å²) in [4.78, 5) is 45.0. The van der Waals surface area contributed by atoms with Gasteiger partial charge >= 0.3 is 11.9 Å². The van der Waals surface area contributed by atoms with Crippen LogP contribution in [0.2, 0.25) is 0 Å². The average Bonchev–Trinajstić information content (AvgIpc) is 2.35. The molecule has 0 radical (unpaired) electrons. The minimum Gasteiger partial charge on any atom is -0.481 e. The second-order valence-electron chi connectivity index (χ2n) is 5.00. The van der Waals surface area contributed by atoms with E-state index in [1.165, 1.54) is 6.92 Å². The summed E-state index contributed by atoms with van der Waals surface area (Å²) in [5, 5.41) is 21.8. The van der Waals surface area contributed by atoms with E-state index < -0.39 is 48.3 Å². The van der Waals surface area contributed by atoms with Gasteiger partial charge in [0.1, 0.15) is 12.1 Å². The van der Waals surface area contributed by atoms with Crippen LogP contribution in [0.25, 0.3) is 0 Å². The van der Waals surface area contributed by atoms with Crippen LogP contribution in [-0.2, 0) is 19.2 Å². The van der Waals surface area contributed by atoms with Crippen molar-refractivity contribution in [2.24, 2.45) is 11.7 Å². The highest BCUT2D eigenvalue weighted by Crippen LogP contribution is 2.01. The first kappa shape index (κ1) is 18.8. The molecular weight excluding hydrogens is 282 g/mol. The van der Waals surface area contributed by atoms with Crippen LogP contribution >= 0.6 is 0 Å². The van der Waals surface area contributed by atoms with E-state index in [2.05, 4.69) is 10.6 Å². The van der Waals surface area contributed by atoms with Crippen LogP contribution < -0.4 is 16.4 Å². The normalized spacial score (nSPS) is 14.9. The molecule has 0 bridgehead atoms. The predicted molar refractivity (Wildman–Crippen MR) is 72.2 cm³/mol. The van der Waals surface area contributed by atoms with Gasteiger partial charge < -0.3 is 26.6 Å². The molecule has 0 saturated heterocycles. The van der Waals surface area contributed by atoms with E-state index in [4.69, 9.17) is 15.9 Å². The van der Waals surface area contributed by atoms with Crippen LogP contribution in [0.3, 0.4) is 0 Å². The Balaban J connectivity index is 4.87. The van der Waals surface area contributed by atoms with Crippen molar-refractivity contribution < 1.29 is 29.4 Å². The van der Waals surface area contributed by atoms with Crippen LogP contribution in [-0.4, -0.2) is 52.1 Å². The highest BCUT2D eigenvalue weighted by atomic mass is 16.4. The quantitative estimate of drug-likeness (QED) is 0.365. The van der Waals surface area contributed by atoms with Crippen molar-refractivity contribution in [3.8, 4) is 0 Å². The molecule has 0 aliphatic rings. The fourth-order valence-electron chi connectivity index (χ4n) is 1.33. The predicted octanol–water partition coefficient (Wildman–Crippen LogP) is -1.48. The van der Waals surface area contributed by atoms with Crippen molar-refractivity contribution in [3.05, 3.63) is 0 Å². The van der Waals surface area contributed by atoms with Crippen molar-refractivity contribution in [2.75, 3.05) is 0 Å². The molecule has 0 aliphatic heterocycles. The van der Waals surface area contributed by atoms with E-state index in [0.717, 1.165) is 0 Å². The first-order chi connectivity index (χ1) is 9.56. The summed E-state index contributed by atoms with van der Waals surface area (Å²) in [5.74, 6) is -4.35. The molecule has 2 amide bonds. The number of carboxylic acids is 2. The molecule has 0 spiro atoms. The molecule has 0 saturated carbocycles. The van der Waals surface area contributed by atoms with Crippen LogP contribution in [0.4, 0.5) is 0 Å². The zero-order valence-electron chi connectivity index (χ0n) is 12.1. The molecule has 9 nitrogen and oxygen atoms in total. The van der Waals surface area contributed by atoms with Gasteiger partial charge in [0, 0.05) is 0 Å². The molecule has 120 valence electrons. The second-order valence-corrected chi connectivity index (χ2v) is 5.00. The summed E-state index contributed by atoms with van der Waals surface area (Å²) < 4.78 is 0. The van der Waals surface area contributed by atoms with E-state index in [1.807, 2.05) is 0 Å². The molecule has 0 aliphatic carbocycles. The third kappa shape index (κ3) is 6.70. The van der Waals surface area contributed by atoms with Gasteiger partial charge in [0.15, 0.2) is 0 Å². The van der Waals surface area contributed by atoms with E-state index in [1.54, 1.807) is 13.8 Å². The van der Waals surface area contributed by atoms with Crippen molar-refractivity contribution in [1.82, 2.24) is 10.6 Å². The summed E-state index contributed by atoms with van der Waals surface area (Å²) in [6.07, 6.45) is -0.672. The van der Waals surface area contributed by atoms with Crippen molar-refractivity contribution in [2.45, 2.75) is 45.3 Å². The van der Waals surface area contributed by atoms with Crippen LogP contribution in [0.15, 0.2) is 0 Å². The first-order valence-electron chi connectivity index (χ1n) is 6.37. The molecule has 0 heterocycles. The minimum absolute atomic E-state index is 0.198. The monoisotopic (exact) mass is 303 g/mol. The molecule has 6 N–H and O–H groups in total. The van der Waals surface area contributed by atoms with E-state index in [-0.39, 0.29) is 5.92 Å². The highest BCUT2D eigenvalue weighted by Gasteiger charge is 2.28. The molecule has 9 heteroatoms. The standard InChI is InChI=1S/C12H21N3O6/c1-5(2)9(13)11(19)15-7(4-8(16)17)10(18)14-6(3)12(20)21/h5-7,9H,4,13H2,1-3H3,(H,14,18)(H,15,19)(H,16,17)(H,20,21). The number of carbonyl (C=O) groups is 4. The molecule has 0 fully saturated rings. The molecule has 0 rings (SSSR count). The van der Waals surface area contributed by atoms with E-state index in [9.17, 15) is 19.2 Å². The van der Waals surface area contributed by atoms with Crippen LogP contribution in [0, 0.1) is 5.92 Å². The maximum Gasteiger partial charge on any atom is 0.325 e. The Bertz CT molecular complexity index is 423. The first-order valence-corrected chi connectivity index (χ1v) is 6.37. The number of amides is 2. The van der Waals surface area contributed by atoms with Gasteiger partial charge in [-0.1, -0.05) is 13.8 Å². The second kappa shape index (κ2) is 8.20. The molecule has 3 unspecified atom stereocenters. The lowest BCUT2D eigenvalue weighted by atomic mass is 10.0. The number of carbonyl (C=O) groups excluding carboxylic acids is 2. The Labute approximate surface area is 121 Å². The summed E-state index contributed by atoms with van der Waals surface area (Å²) >= 11 is 0. The number of hydrogen-bond donors (Lipinski definition) is 5. The molecule has 0 aromatic rings. The topological polar surface area (TPSA) is 159 Å². The van der Waals surface area contributed by atoms with Gasteiger partial charge in [-0.2, -0.15) is 0 Å². The van der Waals surface area contributed by atoms with Crippen LogP contribution in [0.5, 0.6) is 0 Å². The summed E-state index contributed by atoms with van der Waals surface area (Å²) in [5.41, 5.74) is 5.60.